The smallest absolute Gasteiger partial charge is 0.338 e. The SMILES string of the molecule is CC1(C)O[C@H]2O[C@H]([C@H](O)COC(=O)c3ccccc3)[C@H](OCc3ccccc3Cn3cc(CO[C@@H]4[C@@H](OCc5ccccc5)[C@H](OCc5ccccc5)[C@@H](COCc5ccccc5)O[C@H]4Sc4ccccc4)nn3)[C@H]2O1. The predicted octanol–water partition coefficient (Wildman–Crippen LogP) is 9.10. The lowest BCUT2D eigenvalue weighted by Gasteiger charge is -2.46. The summed E-state index contributed by atoms with van der Waals surface area (Å²) in [5, 5.41) is 20.5. The number of benzene rings is 6. The molecule has 10 rings (SSSR count). The van der Waals surface area contributed by atoms with Gasteiger partial charge in [-0.15, -0.1) is 5.10 Å². The third kappa shape index (κ3) is 14.1. The number of ether oxygens (including phenoxy) is 10. The number of carbonyl (C=O) groups is 1. The topological polar surface area (TPSA) is 160 Å². The lowest BCUT2D eigenvalue weighted by atomic mass is 9.99. The summed E-state index contributed by atoms with van der Waals surface area (Å²) in [7, 11) is 0. The van der Waals surface area contributed by atoms with Crippen molar-refractivity contribution in [2.45, 2.75) is 125 Å². The molecule has 0 saturated carbocycles. The predicted molar refractivity (Wildman–Crippen MR) is 281 cm³/mol. The molecule has 6 aromatic carbocycles. The van der Waals surface area contributed by atoms with Gasteiger partial charge in [-0.1, -0.05) is 169 Å². The van der Waals surface area contributed by atoms with Gasteiger partial charge < -0.3 is 52.5 Å². The highest BCUT2D eigenvalue weighted by Gasteiger charge is 2.57. The monoisotopic (exact) mass is 1050 g/mol. The van der Waals surface area contributed by atoms with Crippen LogP contribution in [0.25, 0.3) is 0 Å². The van der Waals surface area contributed by atoms with Gasteiger partial charge in [0.15, 0.2) is 12.1 Å². The van der Waals surface area contributed by atoms with E-state index in [2.05, 4.69) is 22.4 Å². The molecule has 0 unspecified atom stereocenters. The minimum absolute atomic E-state index is 0.101. The standard InChI is InChI=1S/C60H63N3O12S/c1-60(2)74-55-53(51(73-58(55)75-60)49(64)39-71-57(65)44-26-14-6-15-27-44)69-37-46-29-19-18-28-45(46)32-63-33-47(61-62-63)38-70-56-54(68-36-43-24-12-5-13-25-43)52(67-35-42-22-10-4-11-23-42)50(40-66-34-41-20-8-3-9-21-41)72-59(56)76-48-30-16-7-17-31-48/h3-31,33,49-56,58-59,64H,32,34-40H2,1-2H3/t49-,50-,51-,52-,53+,54+,55-,56-,58-,59+/m1/s1. The van der Waals surface area contributed by atoms with E-state index in [-0.39, 0.29) is 26.4 Å². The molecule has 396 valence electrons. The van der Waals surface area contributed by atoms with E-state index in [1.54, 1.807) is 54.6 Å². The first-order valence-corrected chi connectivity index (χ1v) is 26.5. The fourth-order valence-corrected chi connectivity index (χ4v) is 10.7. The zero-order valence-corrected chi connectivity index (χ0v) is 43.3. The normalized spacial score (nSPS) is 24.2. The summed E-state index contributed by atoms with van der Waals surface area (Å²) in [6.45, 7) is 5.20. The molecule has 16 heteroatoms. The van der Waals surface area contributed by atoms with Crippen molar-refractivity contribution >= 4 is 17.7 Å². The highest BCUT2D eigenvalue weighted by molar-refractivity contribution is 7.99. The van der Waals surface area contributed by atoms with Gasteiger partial charge in [-0.05, 0) is 65.9 Å². The van der Waals surface area contributed by atoms with Gasteiger partial charge in [-0.25, -0.2) is 9.48 Å². The molecule has 76 heavy (non-hydrogen) atoms. The molecule has 3 aliphatic heterocycles. The Morgan fingerprint density at radius 1 is 0.632 bits per heavy atom. The third-order valence-electron chi connectivity index (χ3n) is 13.2. The molecule has 3 fully saturated rings. The summed E-state index contributed by atoms with van der Waals surface area (Å²) in [6, 6.07) is 56.8. The Morgan fingerprint density at radius 3 is 1.87 bits per heavy atom. The maximum absolute atomic E-state index is 12.7. The van der Waals surface area contributed by atoms with E-state index in [1.165, 1.54) is 0 Å². The van der Waals surface area contributed by atoms with Gasteiger partial charge in [0.25, 0.3) is 0 Å². The second-order valence-corrected chi connectivity index (χ2v) is 20.5. The second-order valence-electron chi connectivity index (χ2n) is 19.3. The molecule has 0 spiro atoms. The van der Waals surface area contributed by atoms with Crippen LogP contribution >= 0.6 is 11.8 Å². The molecular formula is C60H63N3O12S. The average Bonchev–Trinajstić information content (AvgIpc) is 4.14. The summed E-state index contributed by atoms with van der Waals surface area (Å²) in [5.41, 5.74) is 5.34. The van der Waals surface area contributed by atoms with Crippen LogP contribution in [0.5, 0.6) is 0 Å². The Balaban J connectivity index is 0.854. The molecule has 10 atom stereocenters. The zero-order valence-electron chi connectivity index (χ0n) is 42.4. The molecule has 3 aliphatic rings. The molecule has 0 aliphatic carbocycles. The van der Waals surface area contributed by atoms with Gasteiger partial charge in [0, 0.05) is 4.90 Å². The van der Waals surface area contributed by atoms with Crippen LogP contribution in [0.4, 0.5) is 0 Å². The number of hydrogen-bond acceptors (Lipinski definition) is 15. The van der Waals surface area contributed by atoms with E-state index in [1.807, 2.05) is 146 Å². The lowest BCUT2D eigenvalue weighted by molar-refractivity contribution is -0.254. The van der Waals surface area contributed by atoms with Gasteiger partial charge in [-0.3, -0.25) is 0 Å². The highest BCUT2D eigenvalue weighted by Crippen LogP contribution is 2.41. The molecule has 3 saturated heterocycles. The third-order valence-corrected chi connectivity index (χ3v) is 14.4. The van der Waals surface area contributed by atoms with E-state index in [0.717, 1.165) is 32.7 Å². The highest BCUT2D eigenvalue weighted by atomic mass is 32.2. The first-order chi connectivity index (χ1) is 37.2. The van der Waals surface area contributed by atoms with E-state index < -0.39 is 72.3 Å². The largest absolute Gasteiger partial charge is 0.459 e. The Morgan fingerprint density at radius 2 is 1.20 bits per heavy atom. The lowest BCUT2D eigenvalue weighted by Crippen LogP contribution is -2.60. The van der Waals surface area contributed by atoms with Crippen LogP contribution in [-0.2, 0) is 86.9 Å². The molecule has 7 aromatic rings. The Hall–Kier alpha value is -6.12. The number of esters is 1. The van der Waals surface area contributed by atoms with Crippen LogP contribution in [-0.4, -0.2) is 106 Å². The summed E-state index contributed by atoms with van der Waals surface area (Å²) < 4.78 is 66.6. The van der Waals surface area contributed by atoms with E-state index in [4.69, 9.17) is 47.4 Å². The Labute approximate surface area is 447 Å². The van der Waals surface area contributed by atoms with Gasteiger partial charge in [0.1, 0.15) is 66.6 Å². The Kier molecular flexibility index (Phi) is 18.1. The van der Waals surface area contributed by atoms with E-state index in [0.29, 0.717) is 37.6 Å². The van der Waals surface area contributed by atoms with Crippen molar-refractivity contribution in [1.29, 1.82) is 0 Å². The maximum Gasteiger partial charge on any atom is 0.338 e. The van der Waals surface area contributed by atoms with Crippen LogP contribution in [0.15, 0.2) is 187 Å². The number of rotatable bonds is 24. The van der Waals surface area contributed by atoms with Crippen LogP contribution < -0.4 is 0 Å². The molecule has 4 heterocycles. The average molecular weight is 1050 g/mol. The van der Waals surface area contributed by atoms with E-state index in [9.17, 15) is 9.90 Å². The Bertz CT molecular complexity index is 2870. The van der Waals surface area contributed by atoms with Crippen LogP contribution in [0.3, 0.4) is 0 Å². The molecule has 0 bridgehead atoms. The van der Waals surface area contributed by atoms with Crippen LogP contribution in [0.2, 0.25) is 0 Å². The number of aliphatic hydroxyl groups is 1. The minimum atomic E-state index is -1.23. The van der Waals surface area contributed by atoms with Gasteiger partial charge in [-0.2, -0.15) is 0 Å². The van der Waals surface area contributed by atoms with Crippen LogP contribution in [0, 0.1) is 0 Å². The molecule has 1 N–H and O–H groups in total. The number of aromatic nitrogens is 3. The van der Waals surface area contributed by atoms with Crippen molar-refractivity contribution < 1.29 is 57.3 Å². The van der Waals surface area contributed by atoms with Crippen molar-refractivity contribution in [2.75, 3.05) is 13.2 Å². The summed E-state index contributed by atoms with van der Waals surface area (Å²) in [5.74, 6) is -1.49. The first kappa shape index (κ1) is 53.3. The molecular weight excluding hydrogens is 987 g/mol. The molecule has 0 radical (unpaired) electrons. The second kappa shape index (κ2) is 25.8. The van der Waals surface area contributed by atoms with Crippen LogP contribution in [0.1, 0.15) is 57.7 Å². The number of nitrogens with zero attached hydrogens (tertiary/aromatic N) is 3. The first-order valence-electron chi connectivity index (χ1n) is 25.6. The van der Waals surface area contributed by atoms with Gasteiger partial charge in [0.05, 0.1) is 57.9 Å². The van der Waals surface area contributed by atoms with Crippen molar-refractivity contribution in [3.05, 3.63) is 221 Å². The number of fused-ring (bicyclic) bond motifs is 1. The van der Waals surface area contributed by atoms with E-state index >= 15 is 0 Å². The van der Waals surface area contributed by atoms with Crippen molar-refractivity contribution in [2.24, 2.45) is 0 Å². The molecule has 0 amide bonds. The molecule has 1 aromatic heterocycles. The van der Waals surface area contributed by atoms with Gasteiger partial charge >= 0.3 is 5.97 Å². The number of hydrogen-bond donors (Lipinski definition) is 1. The van der Waals surface area contributed by atoms with Crippen molar-refractivity contribution in [3.8, 4) is 0 Å². The summed E-state index contributed by atoms with van der Waals surface area (Å²) in [6.07, 6.45) is -4.81. The zero-order chi connectivity index (χ0) is 52.1. The van der Waals surface area contributed by atoms with Crippen molar-refractivity contribution in [1.82, 2.24) is 15.0 Å². The quantitative estimate of drug-likeness (QED) is 0.0571. The number of aliphatic hydroxyl groups excluding tert-OH is 1. The van der Waals surface area contributed by atoms with Gasteiger partial charge in [0.2, 0.25) is 0 Å². The molecule has 15 nitrogen and oxygen atoms in total. The summed E-state index contributed by atoms with van der Waals surface area (Å²) >= 11 is 1.57. The summed E-state index contributed by atoms with van der Waals surface area (Å²) in [4.78, 5) is 13.8. The fourth-order valence-electron chi connectivity index (χ4n) is 9.50. The number of carbonyl (C=O) groups excluding carboxylic acids is 1. The minimum Gasteiger partial charge on any atom is -0.459 e. The van der Waals surface area contributed by atoms with Crippen molar-refractivity contribution in [3.63, 3.8) is 0 Å². The number of thioether (sulfide) groups is 1. The fraction of sp³-hybridized carbons (Fsp3) is 0.350. The maximum atomic E-state index is 12.7.